The van der Waals surface area contributed by atoms with Crippen LogP contribution in [-0.2, 0) is 13.0 Å². The van der Waals surface area contributed by atoms with Crippen molar-refractivity contribution in [1.82, 2.24) is 15.0 Å². The predicted octanol–water partition coefficient (Wildman–Crippen LogP) is 3.45. The van der Waals surface area contributed by atoms with Crippen molar-refractivity contribution >= 4 is 11.6 Å². The number of hydrogen-bond acceptors (Lipinski definition) is 3. The van der Waals surface area contributed by atoms with Crippen molar-refractivity contribution in [2.45, 2.75) is 26.8 Å². The van der Waals surface area contributed by atoms with Crippen molar-refractivity contribution in [2.24, 2.45) is 0 Å². The maximum Gasteiger partial charge on any atom is 0.277 e. The number of rotatable bonds is 5. The molecule has 2 aromatic carbocycles. The van der Waals surface area contributed by atoms with E-state index in [1.807, 2.05) is 55.5 Å². The molecule has 0 aliphatic rings. The summed E-state index contributed by atoms with van der Waals surface area (Å²) in [5, 5.41) is 11.0. The van der Waals surface area contributed by atoms with Crippen LogP contribution in [0.2, 0.25) is 0 Å². The van der Waals surface area contributed by atoms with Crippen molar-refractivity contribution in [3.05, 3.63) is 77.1 Å². The summed E-state index contributed by atoms with van der Waals surface area (Å²) in [4.78, 5) is 12.5. The van der Waals surface area contributed by atoms with Gasteiger partial charge >= 0.3 is 0 Å². The van der Waals surface area contributed by atoms with E-state index in [4.69, 9.17) is 0 Å². The van der Waals surface area contributed by atoms with E-state index in [0.717, 1.165) is 28.8 Å². The molecule has 1 aromatic heterocycles. The van der Waals surface area contributed by atoms with Gasteiger partial charge < -0.3 is 5.32 Å². The first-order valence-corrected chi connectivity index (χ1v) is 8.01. The maximum absolute atomic E-state index is 12.5. The van der Waals surface area contributed by atoms with Gasteiger partial charge in [-0.25, -0.2) is 4.68 Å². The van der Waals surface area contributed by atoms with Crippen LogP contribution in [0.5, 0.6) is 0 Å². The summed E-state index contributed by atoms with van der Waals surface area (Å²) < 4.78 is 1.67. The number of carbonyl (C=O) groups excluding carboxylic acids is 1. The van der Waals surface area contributed by atoms with Crippen molar-refractivity contribution in [1.29, 1.82) is 0 Å². The summed E-state index contributed by atoms with van der Waals surface area (Å²) in [6, 6.07) is 16.0. The third kappa shape index (κ3) is 3.51. The van der Waals surface area contributed by atoms with Crippen molar-refractivity contribution in [2.75, 3.05) is 5.32 Å². The highest BCUT2D eigenvalue weighted by atomic mass is 16.2. The van der Waals surface area contributed by atoms with Crippen LogP contribution in [0.4, 0.5) is 5.69 Å². The number of benzene rings is 2. The molecule has 0 spiro atoms. The first kappa shape index (κ1) is 15.9. The number of para-hydroxylation sites is 1. The van der Waals surface area contributed by atoms with E-state index in [0.29, 0.717) is 12.2 Å². The highest BCUT2D eigenvalue weighted by Crippen LogP contribution is 2.21. The fourth-order valence-corrected chi connectivity index (χ4v) is 2.63. The van der Waals surface area contributed by atoms with Gasteiger partial charge in [0, 0.05) is 5.69 Å². The lowest BCUT2D eigenvalue weighted by atomic mass is 10.1. The van der Waals surface area contributed by atoms with Crippen molar-refractivity contribution in [3.63, 3.8) is 0 Å². The van der Waals surface area contributed by atoms with Gasteiger partial charge in [0.1, 0.15) is 0 Å². The molecule has 24 heavy (non-hydrogen) atoms. The van der Waals surface area contributed by atoms with Crippen LogP contribution in [-0.4, -0.2) is 20.9 Å². The summed E-state index contributed by atoms with van der Waals surface area (Å²) in [5.41, 5.74) is 4.44. The van der Waals surface area contributed by atoms with Crippen LogP contribution in [0.1, 0.15) is 34.1 Å². The lowest BCUT2D eigenvalue weighted by molar-refractivity contribution is 0.102. The fraction of sp³-hybridized carbons (Fsp3) is 0.211. The minimum atomic E-state index is -0.238. The molecule has 3 rings (SSSR count). The Labute approximate surface area is 141 Å². The van der Waals surface area contributed by atoms with Gasteiger partial charge in [0.15, 0.2) is 5.69 Å². The number of aromatic nitrogens is 3. The van der Waals surface area contributed by atoms with Crippen molar-refractivity contribution in [3.8, 4) is 0 Å². The summed E-state index contributed by atoms with van der Waals surface area (Å²) in [7, 11) is 0. The predicted molar refractivity (Wildman–Crippen MR) is 94.1 cm³/mol. The lowest BCUT2D eigenvalue weighted by Crippen LogP contribution is -2.14. The molecule has 3 aromatic rings. The van der Waals surface area contributed by atoms with E-state index in [1.54, 1.807) is 10.9 Å². The van der Waals surface area contributed by atoms with Crippen LogP contribution in [0.15, 0.2) is 54.7 Å². The topological polar surface area (TPSA) is 59.8 Å². The molecular formula is C19H20N4O. The second kappa shape index (κ2) is 7.08. The number of amides is 1. The normalized spacial score (nSPS) is 10.6. The zero-order chi connectivity index (χ0) is 16.9. The molecule has 1 heterocycles. The van der Waals surface area contributed by atoms with Gasteiger partial charge in [0.2, 0.25) is 0 Å². The Hall–Kier alpha value is -2.95. The number of anilines is 1. The second-order valence-electron chi connectivity index (χ2n) is 5.70. The summed E-state index contributed by atoms with van der Waals surface area (Å²) in [6.45, 7) is 4.65. The van der Waals surface area contributed by atoms with Gasteiger partial charge in [-0.15, -0.1) is 5.10 Å². The summed E-state index contributed by atoms with van der Waals surface area (Å²) >= 11 is 0. The third-order valence-corrected chi connectivity index (χ3v) is 3.94. The Morgan fingerprint density at radius 3 is 2.67 bits per heavy atom. The van der Waals surface area contributed by atoms with Gasteiger partial charge in [-0.1, -0.05) is 60.7 Å². The number of nitrogens with one attached hydrogen (secondary N) is 1. The first-order chi connectivity index (χ1) is 11.7. The molecule has 0 saturated heterocycles. The molecule has 5 heteroatoms. The smallest absolute Gasteiger partial charge is 0.277 e. The van der Waals surface area contributed by atoms with Crippen LogP contribution < -0.4 is 5.32 Å². The molecule has 0 saturated carbocycles. The van der Waals surface area contributed by atoms with E-state index in [2.05, 4.69) is 22.6 Å². The van der Waals surface area contributed by atoms with Gasteiger partial charge in [-0.2, -0.15) is 0 Å². The highest BCUT2D eigenvalue weighted by Gasteiger charge is 2.14. The number of carbonyl (C=O) groups is 1. The molecule has 0 radical (unpaired) electrons. The molecule has 5 nitrogen and oxygen atoms in total. The van der Waals surface area contributed by atoms with Gasteiger partial charge in [-0.05, 0) is 30.0 Å². The first-order valence-electron chi connectivity index (χ1n) is 8.01. The molecular weight excluding hydrogens is 300 g/mol. The van der Waals surface area contributed by atoms with Crippen LogP contribution in [0.25, 0.3) is 0 Å². The Balaban J connectivity index is 1.75. The lowest BCUT2D eigenvalue weighted by Gasteiger charge is -2.11. The molecule has 0 bridgehead atoms. The van der Waals surface area contributed by atoms with Gasteiger partial charge in [0.25, 0.3) is 5.91 Å². The van der Waals surface area contributed by atoms with E-state index in [-0.39, 0.29) is 5.91 Å². The molecule has 1 N–H and O–H groups in total. The standard InChI is InChI=1S/C19H20N4O/c1-3-16-11-7-8-14(2)18(16)20-19(24)17-13-23(22-21-17)12-15-9-5-4-6-10-15/h4-11,13H,3,12H2,1-2H3,(H,20,24). The molecule has 0 aliphatic heterocycles. The minimum Gasteiger partial charge on any atom is -0.320 e. The Kier molecular flexibility index (Phi) is 4.70. The van der Waals surface area contributed by atoms with Crippen LogP contribution in [0.3, 0.4) is 0 Å². The average molecular weight is 320 g/mol. The Morgan fingerprint density at radius 2 is 1.92 bits per heavy atom. The SMILES string of the molecule is CCc1cccc(C)c1NC(=O)c1cn(Cc2ccccc2)nn1. The van der Waals surface area contributed by atoms with Crippen molar-refractivity contribution < 1.29 is 4.79 Å². The average Bonchev–Trinajstić information content (AvgIpc) is 3.06. The maximum atomic E-state index is 12.5. The fourth-order valence-electron chi connectivity index (χ4n) is 2.63. The summed E-state index contributed by atoms with van der Waals surface area (Å²) in [6.07, 6.45) is 2.53. The largest absolute Gasteiger partial charge is 0.320 e. The quantitative estimate of drug-likeness (QED) is 0.783. The molecule has 0 atom stereocenters. The van der Waals surface area contributed by atoms with E-state index in [9.17, 15) is 4.79 Å². The van der Waals surface area contributed by atoms with E-state index >= 15 is 0 Å². The molecule has 0 aliphatic carbocycles. The molecule has 0 unspecified atom stereocenters. The van der Waals surface area contributed by atoms with E-state index in [1.165, 1.54) is 0 Å². The monoisotopic (exact) mass is 320 g/mol. The number of aryl methyl sites for hydroxylation is 2. The minimum absolute atomic E-state index is 0.238. The molecule has 1 amide bonds. The third-order valence-electron chi connectivity index (χ3n) is 3.94. The zero-order valence-corrected chi connectivity index (χ0v) is 13.9. The van der Waals surface area contributed by atoms with Gasteiger partial charge in [0.05, 0.1) is 12.7 Å². The highest BCUT2D eigenvalue weighted by molar-refractivity contribution is 6.03. The summed E-state index contributed by atoms with van der Waals surface area (Å²) in [5.74, 6) is -0.238. The molecule has 122 valence electrons. The Bertz CT molecular complexity index is 840. The number of hydrogen-bond donors (Lipinski definition) is 1. The number of nitrogens with zero attached hydrogens (tertiary/aromatic N) is 3. The second-order valence-corrected chi connectivity index (χ2v) is 5.70. The van der Waals surface area contributed by atoms with Crippen LogP contribution in [0, 0.1) is 6.92 Å². The molecule has 0 fully saturated rings. The van der Waals surface area contributed by atoms with E-state index < -0.39 is 0 Å². The Morgan fingerprint density at radius 1 is 1.12 bits per heavy atom. The van der Waals surface area contributed by atoms with Crippen LogP contribution >= 0.6 is 0 Å². The zero-order valence-electron chi connectivity index (χ0n) is 13.9. The van der Waals surface area contributed by atoms with Gasteiger partial charge in [-0.3, -0.25) is 4.79 Å².